The molecule has 1 aliphatic carbocycles. The zero-order chi connectivity index (χ0) is 12.0. The molecule has 0 saturated carbocycles. The van der Waals surface area contributed by atoms with Crippen LogP contribution >= 0.6 is 0 Å². The van der Waals surface area contributed by atoms with Crippen LogP contribution in [0.5, 0.6) is 0 Å². The van der Waals surface area contributed by atoms with Gasteiger partial charge in [0.1, 0.15) is 5.54 Å². The van der Waals surface area contributed by atoms with E-state index in [0.717, 1.165) is 0 Å². The van der Waals surface area contributed by atoms with Crippen molar-refractivity contribution in [3.63, 3.8) is 0 Å². The first-order valence-electron chi connectivity index (χ1n) is 6.08. The van der Waals surface area contributed by atoms with Crippen LogP contribution in [-0.2, 0) is 5.54 Å². The van der Waals surface area contributed by atoms with Crippen molar-refractivity contribution >= 4 is 6.21 Å². The van der Waals surface area contributed by atoms with Crippen LogP contribution in [0.1, 0.15) is 11.1 Å². The maximum absolute atomic E-state index is 4.34. The van der Waals surface area contributed by atoms with Crippen LogP contribution in [0.4, 0.5) is 0 Å². The summed E-state index contributed by atoms with van der Waals surface area (Å²) in [5, 5.41) is 3.48. The molecule has 1 aliphatic heterocycles. The van der Waals surface area contributed by atoms with Gasteiger partial charge in [0, 0.05) is 18.6 Å². The molecule has 0 saturated heterocycles. The van der Waals surface area contributed by atoms with Gasteiger partial charge in [0.15, 0.2) is 0 Å². The number of fused-ring (bicyclic) bond motifs is 5. The molecule has 2 aliphatic rings. The molecule has 4 rings (SSSR count). The third-order valence-corrected chi connectivity index (χ3v) is 3.73. The molecule has 0 fully saturated rings. The van der Waals surface area contributed by atoms with E-state index in [2.05, 4.69) is 58.8 Å². The molecular formula is C16H12N2. The van der Waals surface area contributed by atoms with Gasteiger partial charge in [-0.2, -0.15) is 0 Å². The van der Waals surface area contributed by atoms with Crippen molar-refractivity contribution in [1.82, 2.24) is 5.32 Å². The number of hydrogen-bond donors (Lipinski definition) is 1. The Labute approximate surface area is 106 Å². The van der Waals surface area contributed by atoms with Crippen molar-refractivity contribution in [2.24, 2.45) is 4.99 Å². The van der Waals surface area contributed by atoms with Crippen LogP contribution in [-0.4, -0.2) is 6.21 Å². The van der Waals surface area contributed by atoms with Gasteiger partial charge in [-0.05, 0) is 22.3 Å². The number of hydrogen-bond acceptors (Lipinski definition) is 2. The second kappa shape index (κ2) is 3.33. The quantitative estimate of drug-likeness (QED) is 0.741. The van der Waals surface area contributed by atoms with Gasteiger partial charge in [-0.15, -0.1) is 0 Å². The number of aliphatic imine (C=N–C) groups is 1. The Bertz CT molecular complexity index is 638. The first kappa shape index (κ1) is 9.66. The maximum Gasteiger partial charge on any atom is 0.125 e. The van der Waals surface area contributed by atoms with Gasteiger partial charge in [-0.25, -0.2) is 0 Å². The number of nitrogens with zero attached hydrogens (tertiary/aromatic N) is 1. The number of nitrogens with one attached hydrogen (secondary N) is 1. The fourth-order valence-electron chi connectivity index (χ4n) is 2.97. The van der Waals surface area contributed by atoms with Gasteiger partial charge >= 0.3 is 0 Å². The molecule has 2 nitrogen and oxygen atoms in total. The highest BCUT2D eigenvalue weighted by molar-refractivity contribution is 5.93. The third-order valence-electron chi connectivity index (χ3n) is 3.73. The number of rotatable bonds is 0. The Balaban J connectivity index is 2.10. The molecule has 86 valence electrons. The van der Waals surface area contributed by atoms with Crippen molar-refractivity contribution in [3.8, 4) is 11.1 Å². The van der Waals surface area contributed by atoms with E-state index in [9.17, 15) is 0 Å². The van der Waals surface area contributed by atoms with Crippen LogP contribution in [0, 0.1) is 0 Å². The van der Waals surface area contributed by atoms with Gasteiger partial charge in [0.05, 0.1) is 0 Å². The minimum Gasteiger partial charge on any atom is -0.372 e. The van der Waals surface area contributed by atoms with E-state index in [1.165, 1.54) is 22.3 Å². The van der Waals surface area contributed by atoms with Crippen molar-refractivity contribution in [1.29, 1.82) is 0 Å². The smallest absolute Gasteiger partial charge is 0.125 e. The van der Waals surface area contributed by atoms with Gasteiger partial charge in [0.25, 0.3) is 0 Å². The molecule has 0 radical (unpaired) electrons. The Morgan fingerprint density at radius 3 is 2.00 bits per heavy atom. The Hall–Kier alpha value is -2.35. The van der Waals surface area contributed by atoms with E-state index >= 15 is 0 Å². The summed E-state index contributed by atoms with van der Waals surface area (Å²) in [6.45, 7) is 0. The summed E-state index contributed by atoms with van der Waals surface area (Å²) in [5.74, 6) is 0. The lowest BCUT2D eigenvalue weighted by atomic mass is 9.88. The summed E-state index contributed by atoms with van der Waals surface area (Å²) < 4.78 is 0. The average molecular weight is 232 g/mol. The third kappa shape index (κ3) is 1.05. The molecule has 2 aromatic carbocycles. The summed E-state index contributed by atoms with van der Waals surface area (Å²) in [6, 6.07) is 17.0. The minimum absolute atomic E-state index is 0.290. The summed E-state index contributed by atoms with van der Waals surface area (Å²) >= 11 is 0. The van der Waals surface area contributed by atoms with E-state index in [1.54, 1.807) is 6.20 Å². The summed E-state index contributed by atoms with van der Waals surface area (Å²) in [5.41, 5.74) is 4.85. The average Bonchev–Trinajstić information content (AvgIpc) is 2.72. The highest BCUT2D eigenvalue weighted by atomic mass is 15.0. The molecule has 1 spiro atoms. The van der Waals surface area contributed by atoms with Crippen LogP contribution in [0.3, 0.4) is 0 Å². The maximum atomic E-state index is 4.34. The van der Waals surface area contributed by atoms with Crippen LogP contribution in [0.2, 0.25) is 0 Å². The van der Waals surface area contributed by atoms with Crippen LogP contribution in [0.25, 0.3) is 11.1 Å². The summed E-state index contributed by atoms with van der Waals surface area (Å²) in [7, 11) is 0. The Morgan fingerprint density at radius 2 is 1.44 bits per heavy atom. The second-order valence-electron chi connectivity index (χ2n) is 4.64. The molecule has 0 aromatic heterocycles. The lowest BCUT2D eigenvalue weighted by Crippen LogP contribution is -2.41. The fraction of sp³-hybridized carbons (Fsp3) is 0.0625. The van der Waals surface area contributed by atoms with Crippen molar-refractivity contribution < 1.29 is 0 Å². The normalized spacial score (nSPS) is 17.3. The molecule has 0 atom stereocenters. The monoisotopic (exact) mass is 232 g/mol. The van der Waals surface area contributed by atoms with E-state index in [4.69, 9.17) is 0 Å². The highest BCUT2D eigenvalue weighted by Crippen LogP contribution is 2.46. The number of benzene rings is 2. The SMILES string of the molecule is C1=CNC2(C=N1)c1ccccc1-c1ccccc12. The zero-order valence-corrected chi connectivity index (χ0v) is 9.80. The molecule has 2 aromatic rings. The second-order valence-corrected chi connectivity index (χ2v) is 4.64. The highest BCUT2D eigenvalue weighted by Gasteiger charge is 2.41. The predicted octanol–water partition coefficient (Wildman–Crippen LogP) is 3.06. The summed E-state index contributed by atoms with van der Waals surface area (Å²) in [6.07, 6.45) is 5.70. The fourth-order valence-corrected chi connectivity index (χ4v) is 2.97. The van der Waals surface area contributed by atoms with E-state index < -0.39 is 0 Å². The first-order chi connectivity index (χ1) is 8.92. The Morgan fingerprint density at radius 1 is 0.833 bits per heavy atom. The molecule has 0 unspecified atom stereocenters. The van der Waals surface area contributed by atoms with Crippen molar-refractivity contribution in [3.05, 3.63) is 72.1 Å². The van der Waals surface area contributed by atoms with Gasteiger partial charge < -0.3 is 5.32 Å². The zero-order valence-electron chi connectivity index (χ0n) is 9.80. The molecule has 0 bridgehead atoms. The van der Waals surface area contributed by atoms with Crippen molar-refractivity contribution in [2.75, 3.05) is 0 Å². The predicted molar refractivity (Wildman–Crippen MR) is 73.4 cm³/mol. The Kier molecular flexibility index (Phi) is 1.78. The summed E-state index contributed by atoms with van der Waals surface area (Å²) in [4.78, 5) is 4.34. The topological polar surface area (TPSA) is 24.4 Å². The minimum atomic E-state index is -0.290. The lowest BCUT2D eigenvalue weighted by Gasteiger charge is -2.29. The van der Waals surface area contributed by atoms with Gasteiger partial charge in [-0.1, -0.05) is 48.5 Å². The van der Waals surface area contributed by atoms with Gasteiger partial charge in [-0.3, -0.25) is 4.99 Å². The van der Waals surface area contributed by atoms with E-state index in [1.807, 2.05) is 12.4 Å². The molecular weight excluding hydrogens is 220 g/mol. The molecule has 2 heteroatoms. The van der Waals surface area contributed by atoms with E-state index in [0.29, 0.717) is 0 Å². The molecule has 1 N–H and O–H groups in total. The molecule has 0 amide bonds. The standard InChI is InChI=1S/C16H12N2/c1-3-7-14-12(5-1)13-6-2-4-8-15(13)16(14)11-17-9-10-18-16/h1-11,18H. The van der Waals surface area contributed by atoms with Crippen LogP contribution in [0.15, 0.2) is 65.9 Å². The lowest BCUT2D eigenvalue weighted by molar-refractivity contribution is 0.632. The van der Waals surface area contributed by atoms with Crippen molar-refractivity contribution in [2.45, 2.75) is 5.54 Å². The molecule has 1 heterocycles. The van der Waals surface area contributed by atoms with E-state index in [-0.39, 0.29) is 5.54 Å². The van der Waals surface area contributed by atoms with Gasteiger partial charge in [0.2, 0.25) is 0 Å². The largest absolute Gasteiger partial charge is 0.372 e. The first-order valence-corrected chi connectivity index (χ1v) is 6.08. The molecule has 18 heavy (non-hydrogen) atoms. The van der Waals surface area contributed by atoms with Crippen LogP contribution < -0.4 is 5.32 Å².